The van der Waals surface area contributed by atoms with Crippen LogP contribution in [0, 0.1) is 0 Å². The molecule has 0 aromatic rings. The van der Waals surface area contributed by atoms with Crippen molar-refractivity contribution in [2.24, 2.45) is 0 Å². The number of hydrogen-bond donors (Lipinski definition) is 2. The minimum Gasteiger partial charge on any atom is -0.387 e. The van der Waals surface area contributed by atoms with E-state index in [1.165, 1.54) is 12.5 Å². The molecule has 1 atom stereocenters. The molecule has 0 aliphatic heterocycles. The van der Waals surface area contributed by atoms with Crippen LogP contribution >= 0.6 is 0 Å². The van der Waals surface area contributed by atoms with E-state index in [1.807, 2.05) is 0 Å². The van der Waals surface area contributed by atoms with Crippen molar-refractivity contribution in [1.82, 2.24) is 0 Å². The number of hydrogen-bond acceptors (Lipinski definition) is 2. The van der Waals surface area contributed by atoms with E-state index in [2.05, 4.69) is 6.58 Å². The Balaban J connectivity index is 2.55. The van der Waals surface area contributed by atoms with E-state index in [9.17, 15) is 10.2 Å². The lowest BCUT2D eigenvalue weighted by molar-refractivity contribution is -0.0759. The Morgan fingerprint density at radius 3 is 2.27 bits per heavy atom. The van der Waals surface area contributed by atoms with Crippen LogP contribution in [0.3, 0.4) is 0 Å². The van der Waals surface area contributed by atoms with Crippen molar-refractivity contribution >= 4 is 0 Å². The molecular formula is C9H16O2. The predicted molar refractivity (Wildman–Crippen MR) is 44.2 cm³/mol. The number of aliphatic hydroxyl groups excluding tert-OH is 1. The second-order valence-electron chi connectivity index (χ2n) is 3.34. The molecule has 64 valence electrons. The molecule has 2 N–H and O–H groups in total. The lowest BCUT2D eigenvalue weighted by atomic mass is 9.81. The molecule has 1 aliphatic rings. The summed E-state index contributed by atoms with van der Waals surface area (Å²) in [4.78, 5) is 0. The summed E-state index contributed by atoms with van der Waals surface area (Å²) in [6, 6.07) is 0. The van der Waals surface area contributed by atoms with Gasteiger partial charge in [0, 0.05) is 0 Å². The Morgan fingerprint density at radius 2 is 1.82 bits per heavy atom. The second kappa shape index (κ2) is 3.37. The summed E-state index contributed by atoms with van der Waals surface area (Å²) in [5, 5.41) is 19.2. The van der Waals surface area contributed by atoms with Crippen LogP contribution in [0.4, 0.5) is 0 Å². The highest BCUT2D eigenvalue weighted by Crippen LogP contribution is 2.31. The molecule has 11 heavy (non-hydrogen) atoms. The molecule has 1 fully saturated rings. The molecule has 0 heterocycles. The third kappa shape index (κ3) is 1.82. The van der Waals surface area contributed by atoms with Crippen molar-refractivity contribution in [3.8, 4) is 0 Å². The van der Waals surface area contributed by atoms with Crippen LogP contribution in [-0.2, 0) is 0 Å². The highest BCUT2D eigenvalue weighted by atomic mass is 16.3. The molecule has 0 radical (unpaired) electrons. The standard InChI is InChI=1S/C9H16O2/c1-2-8(10)9(11)6-4-3-5-7-9/h2,8,10-11H,1,3-7H2. The summed E-state index contributed by atoms with van der Waals surface area (Å²) in [7, 11) is 0. The van der Waals surface area contributed by atoms with Gasteiger partial charge in [0.15, 0.2) is 0 Å². The molecule has 2 heteroatoms. The Hall–Kier alpha value is -0.340. The van der Waals surface area contributed by atoms with Gasteiger partial charge in [-0.05, 0) is 12.8 Å². The molecule has 0 bridgehead atoms. The molecule has 0 aromatic carbocycles. The molecule has 2 nitrogen and oxygen atoms in total. The van der Waals surface area contributed by atoms with Crippen LogP contribution in [0.1, 0.15) is 32.1 Å². The number of rotatable bonds is 2. The summed E-state index contributed by atoms with van der Waals surface area (Å²) in [6.45, 7) is 3.47. The lowest BCUT2D eigenvalue weighted by Crippen LogP contribution is -2.42. The van der Waals surface area contributed by atoms with Crippen LogP contribution in [0.25, 0.3) is 0 Å². The van der Waals surface area contributed by atoms with Gasteiger partial charge in [-0.3, -0.25) is 0 Å². The third-order valence-corrected chi connectivity index (χ3v) is 2.49. The van der Waals surface area contributed by atoms with Gasteiger partial charge in [0.2, 0.25) is 0 Å². The van der Waals surface area contributed by atoms with Crippen molar-refractivity contribution in [3.63, 3.8) is 0 Å². The molecule has 1 saturated carbocycles. The van der Waals surface area contributed by atoms with Crippen molar-refractivity contribution in [2.75, 3.05) is 0 Å². The van der Waals surface area contributed by atoms with Crippen molar-refractivity contribution in [1.29, 1.82) is 0 Å². The quantitative estimate of drug-likeness (QED) is 0.590. The number of aliphatic hydroxyl groups is 2. The van der Waals surface area contributed by atoms with E-state index in [4.69, 9.17) is 0 Å². The molecule has 1 rings (SSSR count). The van der Waals surface area contributed by atoms with Gasteiger partial charge < -0.3 is 10.2 Å². The summed E-state index contributed by atoms with van der Waals surface area (Å²) in [6.07, 6.45) is 5.29. The van der Waals surface area contributed by atoms with Gasteiger partial charge in [-0.2, -0.15) is 0 Å². The van der Waals surface area contributed by atoms with Crippen LogP contribution in [0.15, 0.2) is 12.7 Å². The zero-order valence-electron chi connectivity index (χ0n) is 6.79. The monoisotopic (exact) mass is 156 g/mol. The Bertz CT molecular complexity index is 136. The molecule has 0 saturated heterocycles. The first-order chi connectivity index (χ1) is 5.19. The van der Waals surface area contributed by atoms with E-state index < -0.39 is 11.7 Å². The fraction of sp³-hybridized carbons (Fsp3) is 0.778. The van der Waals surface area contributed by atoms with Crippen LogP contribution in [-0.4, -0.2) is 21.9 Å². The van der Waals surface area contributed by atoms with Crippen molar-refractivity contribution in [3.05, 3.63) is 12.7 Å². The maximum absolute atomic E-state index is 9.82. The smallest absolute Gasteiger partial charge is 0.100 e. The van der Waals surface area contributed by atoms with Gasteiger partial charge in [-0.1, -0.05) is 25.3 Å². The predicted octanol–water partition coefficient (Wildman–Crippen LogP) is 1.23. The van der Waals surface area contributed by atoms with Gasteiger partial charge in [0.25, 0.3) is 0 Å². The minimum absolute atomic E-state index is 0.709. The topological polar surface area (TPSA) is 40.5 Å². The SMILES string of the molecule is C=CC(O)C1(O)CCCCC1. The van der Waals surface area contributed by atoms with Gasteiger partial charge in [-0.25, -0.2) is 0 Å². The molecule has 1 aliphatic carbocycles. The van der Waals surface area contributed by atoms with E-state index in [-0.39, 0.29) is 0 Å². The van der Waals surface area contributed by atoms with Crippen LogP contribution in [0.2, 0.25) is 0 Å². The van der Waals surface area contributed by atoms with Gasteiger partial charge in [-0.15, -0.1) is 6.58 Å². The first-order valence-corrected chi connectivity index (χ1v) is 4.22. The minimum atomic E-state index is -0.875. The van der Waals surface area contributed by atoms with Crippen LogP contribution < -0.4 is 0 Å². The van der Waals surface area contributed by atoms with Crippen molar-refractivity contribution in [2.45, 2.75) is 43.8 Å². The molecule has 0 aromatic heterocycles. The Kier molecular flexibility index (Phi) is 2.68. The lowest BCUT2D eigenvalue weighted by Gasteiger charge is -2.34. The first kappa shape index (κ1) is 8.75. The fourth-order valence-corrected chi connectivity index (χ4v) is 1.68. The zero-order valence-corrected chi connectivity index (χ0v) is 6.79. The Morgan fingerprint density at radius 1 is 1.27 bits per heavy atom. The molecule has 0 amide bonds. The average Bonchev–Trinajstić information content (AvgIpc) is 2.04. The van der Waals surface area contributed by atoms with E-state index >= 15 is 0 Å². The van der Waals surface area contributed by atoms with Crippen molar-refractivity contribution < 1.29 is 10.2 Å². The third-order valence-electron chi connectivity index (χ3n) is 2.49. The van der Waals surface area contributed by atoms with E-state index in [1.54, 1.807) is 0 Å². The molecule has 1 unspecified atom stereocenters. The van der Waals surface area contributed by atoms with Gasteiger partial charge >= 0.3 is 0 Å². The summed E-state index contributed by atoms with van der Waals surface area (Å²) in [5.41, 5.74) is -0.875. The Labute approximate surface area is 67.6 Å². The highest BCUT2D eigenvalue weighted by molar-refractivity contribution is 4.97. The van der Waals surface area contributed by atoms with Gasteiger partial charge in [0.05, 0.1) is 5.60 Å². The maximum atomic E-state index is 9.82. The average molecular weight is 156 g/mol. The van der Waals surface area contributed by atoms with E-state index in [0.717, 1.165) is 12.8 Å². The molecular weight excluding hydrogens is 140 g/mol. The fourth-order valence-electron chi connectivity index (χ4n) is 1.68. The maximum Gasteiger partial charge on any atom is 0.100 e. The summed E-state index contributed by atoms with van der Waals surface area (Å²) >= 11 is 0. The highest BCUT2D eigenvalue weighted by Gasteiger charge is 2.34. The summed E-state index contributed by atoms with van der Waals surface area (Å²) in [5.74, 6) is 0. The second-order valence-corrected chi connectivity index (χ2v) is 3.34. The largest absolute Gasteiger partial charge is 0.387 e. The van der Waals surface area contributed by atoms with Gasteiger partial charge in [0.1, 0.15) is 6.10 Å². The molecule has 0 spiro atoms. The normalized spacial score (nSPS) is 26.0. The summed E-state index contributed by atoms with van der Waals surface area (Å²) < 4.78 is 0. The van der Waals surface area contributed by atoms with E-state index in [0.29, 0.717) is 12.8 Å². The van der Waals surface area contributed by atoms with Crippen LogP contribution in [0.5, 0.6) is 0 Å². The zero-order chi connectivity index (χ0) is 8.32. The first-order valence-electron chi connectivity index (χ1n) is 4.22.